The van der Waals surface area contributed by atoms with Crippen LogP contribution in [0.15, 0.2) is 0 Å². The van der Waals surface area contributed by atoms with Gasteiger partial charge in [-0.1, -0.05) is 0 Å². The van der Waals surface area contributed by atoms with Gasteiger partial charge in [0.05, 0.1) is 6.54 Å². The first-order chi connectivity index (χ1) is 7.11. The highest BCUT2D eigenvalue weighted by Crippen LogP contribution is 2.06. The van der Waals surface area contributed by atoms with Crippen molar-refractivity contribution in [2.75, 3.05) is 40.3 Å². The highest BCUT2D eigenvalue weighted by Gasteiger charge is 2.17. The molecule has 1 aliphatic rings. The fraction of sp³-hybridized carbons (Fsp3) is 0.909. The Morgan fingerprint density at radius 3 is 2.53 bits per heavy atom. The first-order valence-electron chi connectivity index (χ1n) is 5.76. The Kier molecular flexibility index (Phi) is 5.05. The lowest BCUT2D eigenvalue weighted by Gasteiger charge is -2.21. The highest BCUT2D eigenvalue weighted by atomic mass is 16.2. The molecule has 1 rings (SSSR count). The summed E-state index contributed by atoms with van der Waals surface area (Å²) in [5, 5.41) is 3.21. The average Bonchev–Trinajstić information content (AvgIpc) is 2.70. The van der Waals surface area contributed by atoms with Crippen molar-refractivity contribution in [2.45, 2.75) is 25.8 Å². The summed E-state index contributed by atoms with van der Waals surface area (Å²) in [5.41, 5.74) is 0. The van der Waals surface area contributed by atoms with Crippen molar-refractivity contribution < 1.29 is 4.79 Å². The number of nitrogens with one attached hydrogen (secondary N) is 1. The van der Waals surface area contributed by atoms with Gasteiger partial charge in [0.25, 0.3) is 0 Å². The molecule has 1 N–H and O–H groups in total. The number of likely N-dealkylation sites (N-methyl/N-ethyl adjacent to an activating group) is 1. The molecule has 1 atom stereocenters. The van der Waals surface area contributed by atoms with Crippen molar-refractivity contribution in [1.29, 1.82) is 0 Å². The van der Waals surface area contributed by atoms with Gasteiger partial charge >= 0.3 is 0 Å². The molecule has 1 fully saturated rings. The summed E-state index contributed by atoms with van der Waals surface area (Å²) in [7, 11) is 4.10. The number of carbonyl (C=O) groups is 1. The van der Waals surface area contributed by atoms with Crippen molar-refractivity contribution in [2.24, 2.45) is 0 Å². The SMILES string of the molecule is CC(CNCC(=O)N1CCCC1)N(C)C. The van der Waals surface area contributed by atoms with Gasteiger partial charge in [-0.25, -0.2) is 0 Å². The fourth-order valence-corrected chi connectivity index (χ4v) is 1.65. The molecule has 0 aromatic heterocycles. The van der Waals surface area contributed by atoms with E-state index in [0.717, 1.165) is 19.6 Å². The van der Waals surface area contributed by atoms with Crippen molar-refractivity contribution in [3.63, 3.8) is 0 Å². The highest BCUT2D eigenvalue weighted by molar-refractivity contribution is 5.78. The minimum Gasteiger partial charge on any atom is -0.342 e. The second-order valence-corrected chi connectivity index (χ2v) is 4.53. The van der Waals surface area contributed by atoms with Crippen LogP contribution >= 0.6 is 0 Å². The standard InChI is InChI=1S/C11H23N3O/c1-10(13(2)3)8-12-9-11(15)14-6-4-5-7-14/h10,12H,4-9H2,1-3H3. The van der Waals surface area contributed by atoms with E-state index >= 15 is 0 Å². The van der Waals surface area contributed by atoms with E-state index in [4.69, 9.17) is 0 Å². The van der Waals surface area contributed by atoms with E-state index < -0.39 is 0 Å². The normalized spacial score (nSPS) is 18.5. The maximum atomic E-state index is 11.6. The van der Waals surface area contributed by atoms with Crippen LogP contribution in [-0.4, -0.2) is 62.0 Å². The molecule has 0 spiro atoms. The molecule has 1 amide bonds. The topological polar surface area (TPSA) is 35.6 Å². The molecule has 1 heterocycles. The second kappa shape index (κ2) is 6.08. The van der Waals surface area contributed by atoms with Crippen LogP contribution in [0, 0.1) is 0 Å². The van der Waals surface area contributed by atoms with Crippen LogP contribution in [0.25, 0.3) is 0 Å². The van der Waals surface area contributed by atoms with Gasteiger partial charge in [0.15, 0.2) is 0 Å². The molecule has 4 nitrogen and oxygen atoms in total. The third kappa shape index (κ3) is 4.18. The molecule has 15 heavy (non-hydrogen) atoms. The van der Waals surface area contributed by atoms with Crippen molar-refractivity contribution in [1.82, 2.24) is 15.1 Å². The zero-order chi connectivity index (χ0) is 11.3. The van der Waals surface area contributed by atoms with Crippen LogP contribution in [-0.2, 0) is 4.79 Å². The summed E-state index contributed by atoms with van der Waals surface area (Å²) in [5.74, 6) is 0.249. The third-order valence-electron chi connectivity index (χ3n) is 3.06. The van der Waals surface area contributed by atoms with Gasteiger partial charge < -0.3 is 15.1 Å². The van der Waals surface area contributed by atoms with Gasteiger partial charge in [0, 0.05) is 25.7 Å². The first kappa shape index (κ1) is 12.5. The molecule has 0 aromatic rings. The molecule has 1 aliphatic heterocycles. The third-order valence-corrected chi connectivity index (χ3v) is 3.06. The van der Waals surface area contributed by atoms with Crippen LogP contribution in [0.3, 0.4) is 0 Å². The zero-order valence-electron chi connectivity index (χ0n) is 10.1. The van der Waals surface area contributed by atoms with E-state index in [9.17, 15) is 4.79 Å². The Morgan fingerprint density at radius 2 is 2.00 bits per heavy atom. The summed E-state index contributed by atoms with van der Waals surface area (Å²) in [6, 6.07) is 0.469. The van der Waals surface area contributed by atoms with E-state index in [2.05, 4.69) is 31.2 Å². The van der Waals surface area contributed by atoms with Gasteiger partial charge in [0.2, 0.25) is 5.91 Å². The predicted molar refractivity (Wildman–Crippen MR) is 61.8 cm³/mol. The van der Waals surface area contributed by atoms with Gasteiger partial charge in [0.1, 0.15) is 0 Å². The Balaban J connectivity index is 2.11. The summed E-state index contributed by atoms with van der Waals surface area (Å²) in [6.45, 7) is 5.39. The van der Waals surface area contributed by atoms with Crippen LogP contribution in [0.4, 0.5) is 0 Å². The summed E-state index contributed by atoms with van der Waals surface area (Å²) >= 11 is 0. The Bertz CT molecular complexity index is 200. The predicted octanol–water partition coefficient (Wildman–Crippen LogP) is 0.149. The van der Waals surface area contributed by atoms with Gasteiger partial charge in [-0.05, 0) is 33.9 Å². The molecule has 0 bridgehead atoms. The number of likely N-dealkylation sites (tertiary alicyclic amines) is 1. The molecule has 0 saturated carbocycles. The Labute approximate surface area is 92.6 Å². The molecular weight excluding hydrogens is 190 g/mol. The number of rotatable bonds is 5. The van der Waals surface area contributed by atoms with E-state index in [1.54, 1.807) is 0 Å². The van der Waals surface area contributed by atoms with Crippen molar-refractivity contribution in [3.8, 4) is 0 Å². The number of carbonyl (C=O) groups excluding carboxylic acids is 1. The maximum Gasteiger partial charge on any atom is 0.236 e. The fourth-order valence-electron chi connectivity index (χ4n) is 1.65. The summed E-state index contributed by atoms with van der Waals surface area (Å²) in [4.78, 5) is 15.7. The smallest absolute Gasteiger partial charge is 0.236 e. The van der Waals surface area contributed by atoms with Crippen molar-refractivity contribution in [3.05, 3.63) is 0 Å². The molecular formula is C11H23N3O. The van der Waals surface area contributed by atoms with Gasteiger partial charge in [-0.2, -0.15) is 0 Å². The average molecular weight is 213 g/mol. The van der Waals surface area contributed by atoms with Crippen LogP contribution < -0.4 is 5.32 Å². The van der Waals surface area contributed by atoms with E-state index in [-0.39, 0.29) is 5.91 Å². The molecule has 4 heteroatoms. The number of hydrogen-bond acceptors (Lipinski definition) is 3. The Morgan fingerprint density at radius 1 is 1.40 bits per heavy atom. The molecule has 1 unspecified atom stereocenters. The number of nitrogens with zero attached hydrogens (tertiary/aromatic N) is 2. The lowest BCUT2D eigenvalue weighted by molar-refractivity contribution is -0.129. The van der Waals surface area contributed by atoms with E-state index in [0.29, 0.717) is 12.6 Å². The zero-order valence-corrected chi connectivity index (χ0v) is 10.1. The minimum atomic E-state index is 0.249. The van der Waals surface area contributed by atoms with Crippen LogP contribution in [0.1, 0.15) is 19.8 Å². The van der Waals surface area contributed by atoms with Gasteiger partial charge in [-0.15, -0.1) is 0 Å². The second-order valence-electron chi connectivity index (χ2n) is 4.53. The summed E-state index contributed by atoms with van der Waals surface area (Å²) in [6.07, 6.45) is 2.33. The number of amides is 1. The van der Waals surface area contributed by atoms with E-state index in [1.165, 1.54) is 12.8 Å². The van der Waals surface area contributed by atoms with Crippen LogP contribution in [0.2, 0.25) is 0 Å². The molecule has 1 saturated heterocycles. The largest absolute Gasteiger partial charge is 0.342 e. The maximum absolute atomic E-state index is 11.6. The molecule has 0 aliphatic carbocycles. The van der Waals surface area contributed by atoms with Gasteiger partial charge in [-0.3, -0.25) is 4.79 Å². The first-order valence-corrected chi connectivity index (χ1v) is 5.76. The van der Waals surface area contributed by atoms with Crippen molar-refractivity contribution >= 4 is 5.91 Å². The molecule has 0 aromatic carbocycles. The lowest BCUT2D eigenvalue weighted by Crippen LogP contribution is -2.41. The molecule has 0 radical (unpaired) electrons. The minimum absolute atomic E-state index is 0.249. The summed E-state index contributed by atoms with van der Waals surface area (Å²) < 4.78 is 0. The van der Waals surface area contributed by atoms with Crippen LogP contribution in [0.5, 0.6) is 0 Å². The lowest BCUT2D eigenvalue weighted by atomic mass is 10.3. The Hall–Kier alpha value is -0.610. The quantitative estimate of drug-likeness (QED) is 0.706. The number of hydrogen-bond donors (Lipinski definition) is 1. The molecule has 88 valence electrons. The monoisotopic (exact) mass is 213 g/mol. The van der Waals surface area contributed by atoms with E-state index in [1.807, 2.05) is 4.90 Å².